The number of carbonyl (C=O) groups excluding carboxylic acids is 4. The Morgan fingerprint density at radius 2 is 1.72 bits per heavy atom. The van der Waals surface area contributed by atoms with Crippen molar-refractivity contribution in [1.29, 1.82) is 0 Å². The second kappa shape index (κ2) is 10.6. The first-order chi connectivity index (χ1) is 20.1. The summed E-state index contributed by atoms with van der Waals surface area (Å²) in [4.78, 5) is 58.1. The maximum atomic E-state index is 14.1. The number of nitrogens with zero attached hydrogens (tertiary/aromatic N) is 3. The number of likely N-dealkylation sites (tertiary alicyclic amines) is 1. The number of amides is 2. The van der Waals surface area contributed by atoms with Gasteiger partial charge in [-0.05, 0) is 77.5 Å². The summed E-state index contributed by atoms with van der Waals surface area (Å²) in [5.74, 6) is -7.73. The molecule has 0 bridgehead atoms. The molecule has 0 aromatic heterocycles. The van der Waals surface area contributed by atoms with Crippen LogP contribution in [-0.4, -0.2) is 114 Å². The molecule has 13 nitrogen and oxygen atoms in total. The van der Waals surface area contributed by atoms with Gasteiger partial charge in [0.05, 0.1) is 17.3 Å². The molecule has 1 aromatic carbocycles. The number of piperidine rings is 1. The van der Waals surface area contributed by atoms with Gasteiger partial charge in [0.1, 0.15) is 22.8 Å². The number of primary amides is 1. The van der Waals surface area contributed by atoms with Crippen LogP contribution >= 0.6 is 0 Å². The van der Waals surface area contributed by atoms with E-state index in [1.54, 1.807) is 39.2 Å². The Balaban J connectivity index is 1.64. The molecule has 4 aliphatic rings. The van der Waals surface area contributed by atoms with Gasteiger partial charge in [0.25, 0.3) is 5.91 Å². The average Bonchev–Trinajstić information content (AvgIpc) is 2.92. The number of likely N-dealkylation sites (N-methyl/N-ethyl adjacent to an activating group) is 1. The van der Waals surface area contributed by atoms with Crippen LogP contribution in [0, 0.1) is 17.8 Å². The van der Waals surface area contributed by atoms with Gasteiger partial charge in [0, 0.05) is 37.2 Å². The minimum absolute atomic E-state index is 0.00595. The Kier molecular flexibility index (Phi) is 7.56. The Morgan fingerprint density at radius 1 is 1.09 bits per heavy atom. The van der Waals surface area contributed by atoms with Crippen molar-refractivity contribution in [2.45, 2.75) is 37.3 Å². The van der Waals surface area contributed by atoms with Gasteiger partial charge >= 0.3 is 0 Å². The summed E-state index contributed by atoms with van der Waals surface area (Å²) >= 11 is 0. The van der Waals surface area contributed by atoms with Crippen molar-refractivity contribution in [1.82, 2.24) is 9.80 Å². The predicted octanol–water partition coefficient (Wildman–Crippen LogP) is 0.310. The fourth-order valence-electron chi connectivity index (χ4n) is 7.29. The highest BCUT2D eigenvalue weighted by molar-refractivity contribution is 6.24. The molecule has 1 aliphatic heterocycles. The van der Waals surface area contributed by atoms with E-state index in [0.717, 1.165) is 13.1 Å². The molecule has 43 heavy (non-hydrogen) atoms. The van der Waals surface area contributed by atoms with Crippen molar-refractivity contribution in [2.24, 2.45) is 23.5 Å². The highest BCUT2D eigenvalue weighted by Crippen LogP contribution is 2.54. The van der Waals surface area contributed by atoms with Crippen molar-refractivity contribution in [3.05, 3.63) is 34.1 Å². The van der Waals surface area contributed by atoms with E-state index in [2.05, 4.69) is 10.2 Å². The van der Waals surface area contributed by atoms with Gasteiger partial charge in [-0.1, -0.05) is 0 Å². The Bertz CT molecular complexity index is 1490. The molecular formula is C30H39N5O8. The maximum absolute atomic E-state index is 14.1. The number of nitrogens with one attached hydrogen (secondary N) is 1. The van der Waals surface area contributed by atoms with Gasteiger partial charge in [-0.25, -0.2) is 0 Å². The number of rotatable bonds is 5. The fourth-order valence-corrected chi connectivity index (χ4v) is 7.29. The minimum atomic E-state index is -2.72. The summed E-state index contributed by atoms with van der Waals surface area (Å²) in [6, 6.07) is 0.470. The zero-order valence-electron chi connectivity index (χ0n) is 25.0. The van der Waals surface area contributed by atoms with Crippen molar-refractivity contribution in [2.75, 3.05) is 58.5 Å². The Morgan fingerprint density at radius 3 is 2.28 bits per heavy atom. The predicted molar refractivity (Wildman–Crippen MR) is 157 cm³/mol. The number of carbonyl (C=O) groups is 4. The number of phenols is 1. The number of benzene rings is 1. The average molecular weight is 598 g/mol. The molecule has 1 heterocycles. The largest absolute Gasteiger partial charge is 0.508 e. The van der Waals surface area contributed by atoms with Crippen LogP contribution in [-0.2, 0) is 25.6 Å². The smallest absolute Gasteiger partial charge is 0.255 e. The van der Waals surface area contributed by atoms with Gasteiger partial charge in [-0.15, -0.1) is 0 Å². The van der Waals surface area contributed by atoms with Gasteiger partial charge in [-0.3, -0.25) is 24.1 Å². The molecule has 2 amide bonds. The first-order valence-electron chi connectivity index (χ1n) is 14.3. The van der Waals surface area contributed by atoms with E-state index < -0.39 is 63.8 Å². The third-order valence-electron chi connectivity index (χ3n) is 9.53. The van der Waals surface area contributed by atoms with Gasteiger partial charge in [-0.2, -0.15) is 0 Å². The molecule has 232 valence electrons. The number of aliphatic hydroxyl groups excluding tert-OH is 2. The zero-order chi connectivity index (χ0) is 31.7. The van der Waals surface area contributed by atoms with Crippen molar-refractivity contribution in [3.8, 4) is 5.75 Å². The van der Waals surface area contributed by atoms with E-state index in [1.807, 2.05) is 7.05 Å². The van der Waals surface area contributed by atoms with Crippen molar-refractivity contribution < 1.29 is 39.6 Å². The number of phenolic OH excluding ortho intramolecular Hbond substituents is 1. The third kappa shape index (κ3) is 4.57. The highest BCUT2D eigenvalue weighted by Gasteiger charge is 2.64. The topological polar surface area (TPSA) is 197 Å². The van der Waals surface area contributed by atoms with Crippen molar-refractivity contribution in [3.63, 3.8) is 0 Å². The van der Waals surface area contributed by atoms with Crippen LogP contribution < -0.4 is 16.0 Å². The summed E-state index contributed by atoms with van der Waals surface area (Å²) in [7, 11) is 8.63. The minimum Gasteiger partial charge on any atom is -0.508 e. The number of ketones is 2. The first kappa shape index (κ1) is 30.5. The van der Waals surface area contributed by atoms with Crippen LogP contribution in [0.2, 0.25) is 0 Å². The molecule has 5 rings (SSSR count). The number of hydrogen-bond acceptors (Lipinski definition) is 11. The summed E-state index contributed by atoms with van der Waals surface area (Å²) in [6.07, 6.45) is 1.45. The number of fused-ring (bicyclic) bond motifs is 3. The maximum Gasteiger partial charge on any atom is 0.255 e. The quantitative estimate of drug-likeness (QED) is 0.202. The number of hydrogen-bond donors (Lipinski definition) is 6. The molecule has 7 N–H and O–H groups in total. The SMILES string of the molecule is CN1CCC(C(=O)Nc2cc(N(C)C)c3c(c2O)C(O)=C2C(=O)[C@]4(O)C(O)=C(C(N)=O)C(=O)[C@@H](N(C)C)C4CC2C3)CC1. The Labute approximate surface area is 249 Å². The van der Waals surface area contributed by atoms with Crippen LogP contribution in [0.25, 0.3) is 5.76 Å². The molecule has 13 heteroatoms. The lowest BCUT2D eigenvalue weighted by Crippen LogP contribution is -2.65. The summed E-state index contributed by atoms with van der Waals surface area (Å²) in [6.45, 7) is 1.52. The normalized spacial score (nSPS) is 28.0. The van der Waals surface area contributed by atoms with Crippen LogP contribution in [0.3, 0.4) is 0 Å². The van der Waals surface area contributed by atoms with Crippen molar-refractivity contribution >= 4 is 40.5 Å². The van der Waals surface area contributed by atoms with Crippen LogP contribution in [0.1, 0.15) is 30.4 Å². The van der Waals surface area contributed by atoms with Gasteiger partial charge < -0.3 is 41.3 Å². The molecule has 2 fully saturated rings. The first-order valence-corrected chi connectivity index (χ1v) is 14.3. The number of aliphatic hydroxyl groups is 3. The summed E-state index contributed by atoms with van der Waals surface area (Å²) < 4.78 is 0. The van der Waals surface area contributed by atoms with Gasteiger partial charge in [0.15, 0.2) is 11.4 Å². The van der Waals surface area contributed by atoms with Crippen LogP contribution in [0.4, 0.5) is 11.4 Å². The molecule has 1 saturated heterocycles. The zero-order valence-corrected chi connectivity index (χ0v) is 25.0. The molecular weight excluding hydrogens is 558 g/mol. The van der Waals surface area contributed by atoms with Crippen LogP contribution in [0.5, 0.6) is 5.75 Å². The lowest BCUT2D eigenvalue weighted by Gasteiger charge is -2.50. The number of nitrogens with two attached hydrogens (primary N) is 1. The molecule has 4 atom stereocenters. The molecule has 1 saturated carbocycles. The Hall–Kier alpha value is -3.94. The monoisotopic (exact) mass is 597 g/mol. The molecule has 0 spiro atoms. The fraction of sp³-hybridized carbons (Fsp3) is 0.533. The number of aromatic hydroxyl groups is 1. The van der Waals surface area contributed by atoms with E-state index in [4.69, 9.17) is 5.73 Å². The second-order valence-corrected chi connectivity index (χ2v) is 12.6. The lowest BCUT2D eigenvalue weighted by molar-refractivity contribution is -0.153. The summed E-state index contributed by atoms with van der Waals surface area (Å²) in [5.41, 5.74) is 2.66. The third-order valence-corrected chi connectivity index (χ3v) is 9.53. The number of Topliss-reactive ketones (excluding diaryl/α,β-unsaturated/α-hetero) is 2. The van der Waals surface area contributed by atoms with E-state index in [0.29, 0.717) is 24.1 Å². The van der Waals surface area contributed by atoms with E-state index in [9.17, 15) is 39.6 Å². The highest BCUT2D eigenvalue weighted by atomic mass is 16.3. The standard InChI is InChI=1S/C30H39N5O8/c1-33(2)18-12-17(32-29(42)13-6-8-35(5)9-7-13)23(36)20-15(18)10-14-11-16-22(34(3)4)25(38)21(28(31)41)27(40)30(16,43)26(39)19(14)24(20)37/h12-14,16,22,36-37,40,43H,6-11H2,1-5H3,(H2,31,41)(H,32,42)/t14?,16?,22-,30-/m0/s1. The van der Waals surface area contributed by atoms with Gasteiger partial charge in [0.2, 0.25) is 11.7 Å². The lowest BCUT2D eigenvalue weighted by atomic mass is 9.57. The molecule has 0 radical (unpaired) electrons. The van der Waals surface area contributed by atoms with E-state index in [1.165, 1.54) is 4.90 Å². The van der Waals surface area contributed by atoms with Crippen LogP contribution in [0.15, 0.2) is 23.0 Å². The van der Waals surface area contributed by atoms with E-state index >= 15 is 0 Å². The summed E-state index contributed by atoms with van der Waals surface area (Å²) in [5, 5.41) is 48.7. The second-order valence-electron chi connectivity index (χ2n) is 12.6. The number of anilines is 2. The molecule has 2 unspecified atom stereocenters. The van der Waals surface area contributed by atoms with E-state index in [-0.39, 0.29) is 41.5 Å². The molecule has 3 aliphatic carbocycles. The molecule has 1 aromatic rings.